The van der Waals surface area contributed by atoms with E-state index in [2.05, 4.69) is 20.9 Å². The Bertz CT molecular complexity index is 990. The second kappa shape index (κ2) is 6.07. The lowest BCUT2D eigenvalue weighted by atomic mass is 10.2. The fraction of sp³-hybridized carbons (Fsp3) is 0.353. The number of para-hydroxylation sites is 1. The number of fused-ring (bicyclic) bond motifs is 3. The second-order valence-corrected chi connectivity index (χ2v) is 5.89. The molecule has 7 nitrogen and oxygen atoms in total. The van der Waals surface area contributed by atoms with Gasteiger partial charge in [0.1, 0.15) is 17.2 Å². The Kier molecular flexibility index (Phi) is 3.76. The average Bonchev–Trinajstić information content (AvgIpc) is 2.99. The number of morpholine rings is 1. The summed E-state index contributed by atoms with van der Waals surface area (Å²) in [6.07, 6.45) is 0. The van der Waals surface area contributed by atoms with Gasteiger partial charge in [0, 0.05) is 37.1 Å². The van der Waals surface area contributed by atoms with Crippen LogP contribution < -0.4 is 5.49 Å². The summed E-state index contributed by atoms with van der Waals surface area (Å²) in [5.74, 6) is 0. The number of nitrogens with one attached hydrogen (secondary N) is 2. The van der Waals surface area contributed by atoms with E-state index >= 15 is 0 Å². The zero-order valence-corrected chi connectivity index (χ0v) is 13.2. The van der Waals surface area contributed by atoms with E-state index in [1.807, 2.05) is 28.8 Å². The van der Waals surface area contributed by atoms with Gasteiger partial charge in [-0.3, -0.25) is 10.3 Å². The molecule has 4 rings (SSSR count). The number of ether oxygens (including phenoxy) is 1. The number of benzene rings is 1. The van der Waals surface area contributed by atoms with Crippen LogP contribution in [0.4, 0.5) is 0 Å². The number of nitriles is 1. The molecule has 0 unspecified atom stereocenters. The molecule has 0 aliphatic carbocycles. The Labute approximate surface area is 138 Å². The molecule has 1 saturated heterocycles. The maximum absolute atomic E-state index is 9.35. The summed E-state index contributed by atoms with van der Waals surface area (Å²) in [6.45, 7) is 4.76. The number of rotatable bonds is 3. The fourth-order valence-corrected chi connectivity index (χ4v) is 3.19. The van der Waals surface area contributed by atoms with Gasteiger partial charge in [-0.2, -0.15) is 5.26 Å². The molecule has 1 aromatic carbocycles. The zero-order valence-electron chi connectivity index (χ0n) is 13.2. The Hall–Kier alpha value is -2.69. The summed E-state index contributed by atoms with van der Waals surface area (Å²) in [4.78, 5) is 10.1. The van der Waals surface area contributed by atoms with Crippen LogP contribution in [0.15, 0.2) is 24.3 Å². The third-order valence-electron chi connectivity index (χ3n) is 4.50. The quantitative estimate of drug-likeness (QED) is 0.757. The highest BCUT2D eigenvalue weighted by atomic mass is 16.5. The van der Waals surface area contributed by atoms with Crippen LogP contribution >= 0.6 is 0 Å². The third kappa shape index (κ3) is 2.46. The number of aromatic amines is 1. The SMILES string of the molecule is N#Cc1nc2c3ccccc3[nH]c2n(CCN2CCOCC2)c1=N. The smallest absolute Gasteiger partial charge is 0.183 e. The first-order valence-corrected chi connectivity index (χ1v) is 8.04. The summed E-state index contributed by atoms with van der Waals surface area (Å²) in [7, 11) is 0. The van der Waals surface area contributed by atoms with Crippen LogP contribution in [0, 0.1) is 16.7 Å². The van der Waals surface area contributed by atoms with Crippen LogP contribution in [-0.4, -0.2) is 52.3 Å². The maximum Gasteiger partial charge on any atom is 0.183 e. The molecule has 2 aromatic heterocycles. The van der Waals surface area contributed by atoms with Crippen molar-refractivity contribution in [1.82, 2.24) is 19.4 Å². The minimum absolute atomic E-state index is 0.157. The van der Waals surface area contributed by atoms with Gasteiger partial charge in [0.25, 0.3) is 0 Å². The lowest BCUT2D eigenvalue weighted by molar-refractivity contribution is 0.0363. The Morgan fingerprint density at radius 3 is 2.83 bits per heavy atom. The topological polar surface area (TPSA) is 93.7 Å². The van der Waals surface area contributed by atoms with Crippen LogP contribution in [0.25, 0.3) is 22.1 Å². The van der Waals surface area contributed by atoms with Crippen molar-refractivity contribution in [2.24, 2.45) is 0 Å². The first kappa shape index (κ1) is 14.9. The monoisotopic (exact) mass is 322 g/mol. The van der Waals surface area contributed by atoms with Gasteiger partial charge in [-0.15, -0.1) is 0 Å². The van der Waals surface area contributed by atoms with Gasteiger partial charge in [0.15, 0.2) is 11.2 Å². The van der Waals surface area contributed by atoms with E-state index in [0.29, 0.717) is 6.54 Å². The molecule has 0 bridgehead atoms. The molecule has 0 amide bonds. The highest BCUT2D eigenvalue weighted by molar-refractivity contribution is 6.03. The van der Waals surface area contributed by atoms with E-state index in [0.717, 1.165) is 54.9 Å². The van der Waals surface area contributed by atoms with E-state index in [1.54, 1.807) is 0 Å². The van der Waals surface area contributed by atoms with E-state index in [4.69, 9.17) is 10.1 Å². The van der Waals surface area contributed by atoms with Crippen LogP contribution in [-0.2, 0) is 11.3 Å². The predicted octanol–water partition coefficient (Wildman–Crippen LogP) is 1.20. The molecule has 1 fully saturated rings. The maximum atomic E-state index is 9.35. The van der Waals surface area contributed by atoms with Gasteiger partial charge in [-0.1, -0.05) is 18.2 Å². The van der Waals surface area contributed by atoms with E-state index in [-0.39, 0.29) is 11.2 Å². The van der Waals surface area contributed by atoms with Crippen LogP contribution in [0.1, 0.15) is 5.69 Å². The molecular formula is C17H18N6O. The molecule has 7 heteroatoms. The highest BCUT2D eigenvalue weighted by Crippen LogP contribution is 2.22. The number of hydrogen-bond donors (Lipinski definition) is 2. The molecule has 122 valence electrons. The fourth-order valence-electron chi connectivity index (χ4n) is 3.19. The van der Waals surface area contributed by atoms with Crippen molar-refractivity contribution in [1.29, 1.82) is 10.7 Å². The standard InChI is InChI=1S/C17H18N6O/c18-11-14-16(19)23(6-5-22-7-9-24-10-8-22)17-15(20-14)12-3-1-2-4-13(12)21-17/h1-4,19,21H,5-10H2. The van der Waals surface area contributed by atoms with Crippen LogP contribution in [0.3, 0.4) is 0 Å². The molecule has 0 saturated carbocycles. The summed E-state index contributed by atoms with van der Waals surface area (Å²) in [5, 5.41) is 18.7. The molecule has 1 aliphatic heterocycles. The Morgan fingerprint density at radius 1 is 1.25 bits per heavy atom. The highest BCUT2D eigenvalue weighted by Gasteiger charge is 2.15. The van der Waals surface area contributed by atoms with E-state index in [1.165, 1.54) is 0 Å². The number of hydrogen-bond acceptors (Lipinski definition) is 5. The first-order chi connectivity index (χ1) is 11.8. The largest absolute Gasteiger partial charge is 0.379 e. The number of nitrogens with zero attached hydrogens (tertiary/aromatic N) is 4. The van der Waals surface area contributed by atoms with Gasteiger partial charge < -0.3 is 14.3 Å². The Balaban J connectivity index is 1.81. The zero-order chi connectivity index (χ0) is 16.5. The Morgan fingerprint density at radius 2 is 2.04 bits per heavy atom. The van der Waals surface area contributed by atoms with Crippen molar-refractivity contribution < 1.29 is 4.74 Å². The number of H-pyrrole nitrogens is 1. The van der Waals surface area contributed by atoms with E-state index < -0.39 is 0 Å². The molecule has 24 heavy (non-hydrogen) atoms. The molecule has 0 atom stereocenters. The van der Waals surface area contributed by atoms with Gasteiger partial charge >= 0.3 is 0 Å². The van der Waals surface area contributed by atoms with Crippen molar-refractivity contribution in [3.8, 4) is 6.07 Å². The lowest BCUT2D eigenvalue weighted by Gasteiger charge is -2.26. The molecule has 0 radical (unpaired) electrons. The second-order valence-electron chi connectivity index (χ2n) is 5.89. The van der Waals surface area contributed by atoms with Gasteiger partial charge in [0.2, 0.25) is 0 Å². The minimum Gasteiger partial charge on any atom is -0.379 e. The summed E-state index contributed by atoms with van der Waals surface area (Å²) < 4.78 is 7.23. The van der Waals surface area contributed by atoms with Crippen molar-refractivity contribution >= 4 is 22.1 Å². The van der Waals surface area contributed by atoms with Gasteiger partial charge in [-0.25, -0.2) is 4.98 Å². The van der Waals surface area contributed by atoms with Crippen molar-refractivity contribution in [3.05, 3.63) is 35.4 Å². The molecular weight excluding hydrogens is 304 g/mol. The van der Waals surface area contributed by atoms with Gasteiger partial charge in [0.05, 0.1) is 13.2 Å². The summed E-state index contributed by atoms with van der Waals surface area (Å²) in [5.41, 5.74) is 2.84. The molecule has 0 spiro atoms. The predicted molar refractivity (Wildman–Crippen MR) is 89.4 cm³/mol. The minimum atomic E-state index is 0.157. The normalized spacial score (nSPS) is 15.8. The third-order valence-corrected chi connectivity index (χ3v) is 4.50. The summed E-state index contributed by atoms with van der Waals surface area (Å²) in [6, 6.07) is 9.94. The van der Waals surface area contributed by atoms with Crippen molar-refractivity contribution in [2.45, 2.75) is 6.54 Å². The molecule has 2 N–H and O–H groups in total. The van der Waals surface area contributed by atoms with Crippen molar-refractivity contribution in [2.75, 3.05) is 32.8 Å². The molecule has 3 heterocycles. The first-order valence-electron chi connectivity index (χ1n) is 8.04. The van der Waals surface area contributed by atoms with Crippen molar-refractivity contribution in [3.63, 3.8) is 0 Å². The van der Waals surface area contributed by atoms with E-state index in [9.17, 15) is 5.26 Å². The molecule has 3 aromatic rings. The lowest BCUT2D eigenvalue weighted by Crippen LogP contribution is -2.39. The van der Waals surface area contributed by atoms with Gasteiger partial charge in [-0.05, 0) is 6.07 Å². The summed E-state index contributed by atoms with van der Waals surface area (Å²) >= 11 is 0. The number of aromatic nitrogens is 3. The average molecular weight is 322 g/mol. The van der Waals surface area contributed by atoms with Crippen LogP contribution in [0.2, 0.25) is 0 Å². The molecule has 1 aliphatic rings. The van der Waals surface area contributed by atoms with Crippen LogP contribution in [0.5, 0.6) is 0 Å².